The highest BCUT2D eigenvalue weighted by Gasteiger charge is 2.28. The Labute approximate surface area is 114 Å². The number of amides is 1. The Balaban J connectivity index is 1.92. The van der Waals surface area contributed by atoms with Gasteiger partial charge in [-0.1, -0.05) is 0 Å². The molecule has 1 aliphatic rings. The van der Waals surface area contributed by atoms with E-state index in [0.717, 1.165) is 31.6 Å². The van der Waals surface area contributed by atoms with Crippen molar-refractivity contribution in [1.82, 2.24) is 20.4 Å². The van der Waals surface area contributed by atoms with Crippen LogP contribution < -0.4 is 10.6 Å². The number of halogens is 3. The van der Waals surface area contributed by atoms with Gasteiger partial charge in [0.1, 0.15) is 13.1 Å². The normalized spacial score (nSPS) is 19.9. The number of rotatable bonds is 4. The van der Waals surface area contributed by atoms with Crippen molar-refractivity contribution in [3.05, 3.63) is 18.0 Å². The third-order valence-corrected chi connectivity index (χ3v) is 3.24. The van der Waals surface area contributed by atoms with Crippen molar-refractivity contribution in [2.45, 2.75) is 31.5 Å². The van der Waals surface area contributed by atoms with Gasteiger partial charge in [0.2, 0.25) is 5.91 Å². The number of nitrogens with zero attached hydrogens (tertiary/aromatic N) is 2. The Morgan fingerprint density at radius 1 is 1.55 bits per heavy atom. The summed E-state index contributed by atoms with van der Waals surface area (Å²) in [4.78, 5) is 11.5. The summed E-state index contributed by atoms with van der Waals surface area (Å²) >= 11 is 0. The average molecular weight is 290 g/mol. The van der Waals surface area contributed by atoms with E-state index in [9.17, 15) is 18.0 Å². The zero-order valence-corrected chi connectivity index (χ0v) is 10.9. The molecule has 0 radical (unpaired) electrons. The molecule has 2 heterocycles. The van der Waals surface area contributed by atoms with Crippen LogP contribution in [0.25, 0.3) is 0 Å². The summed E-state index contributed by atoms with van der Waals surface area (Å²) in [6.07, 6.45) is -0.796. The van der Waals surface area contributed by atoms with Gasteiger partial charge in [-0.3, -0.25) is 9.48 Å². The number of hydrogen-bond acceptors (Lipinski definition) is 3. The summed E-state index contributed by atoms with van der Waals surface area (Å²) in [5, 5.41) is 9.13. The van der Waals surface area contributed by atoms with Crippen molar-refractivity contribution in [1.29, 1.82) is 0 Å². The van der Waals surface area contributed by atoms with Crippen molar-refractivity contribution in [2.24, 2.45) is 0 Å². The molecule has 1 aromatic rings. The third-order valence-electron chi connectivity index (χ3n) is 3.24. The topological polar surface area (TPSA) is 59.0 Å². The van der Waals surface area contributed by atoms with E-state index in [0.29, 0.717) is 0 Å². The van der Waals surface area contributed by atoms with E-state index < -0.39 is 18.6 Å². The molecule has 20 heavy (non-hydrogen) atoms. The summed E-state index contributed by atoms with van der Waals surface area (Å²) in [6.45, 7) is 0.273. The molecule has 1 saturated heterocycles. The molecule has 1 aliphatic heterocycles. The summed E-state index contributed by atoms with van der Waals surface area (Å²) in [6, 6.07) is 1.81. The van der Waals surface area contributed by atoms with E-state index in [1.165, 1.54) is 4.68 Å². The fourth-order valence-electron chi connectivity index (χ4n) is 2.32. The van der Waals surface area contributed by atoms with E-state index in [1.807, 2.05) is 11.4 Å². The first kappa shape index (κ1) is 14.8. The van der Waals surface area contributed by atoms with Gasteiger partial charge < -0.3 is 10.6 Å². The van der Waals surface area contributed by atoms with Crippen LogP contribution in [0.1, 0.15) is 24.5 Å². The lowest BCUT2D eigenvalue weighted by Crippen LogP contribution is -2.37. The van der Waals surface area contributed by atoms with E-state index in [-0.39, 0.29) is 12.5 Å². The molecule has 1 amide bonds. The smallest absolute Gasteiger partial charge is 0.345 e. The average Bonchev–Trinajstić information content (AvgIpc) is 2.85. The Morgan fingerprint density at radius 2 is 2.35 bits per heavy atom. The second-order valence-corrected chi connectivity index (χ2v) is 4.85. The minimum atomic E-state index is -4.39. The quantitative estimate of drug-likeness (QED) is 0.870. The first-order chi connectivity index (χ1) is 9.46. The van der Waals surface area contributed by atoms with Gasteiger partial charge in [-0.05, 0) is 25.5 Å². The van der Waals surface area contributed by atoms with Crippen molar-refractivity contribution in [2.75, 3.05) is 19.6 Å². The standard InChI is InChI=1S/C12H17F3N4O/c13-12(14,15)8-17-11(20)7-19-10(3-5-18-19)9-2-1-4-16-6-9/h3,5,9,16H,1-2,4,6-8H2,(H,17,20). The van der Waals surface area contributed by atoms with Crippen LogP contribution >= 0.6 is 0 Å². The second-order valence-electron chi connectivity index (χ2n) is 4.85. The van der Waals surface area contributed by atoms with Crippen LogP contribution in [-0.4, -0.2) is 41.5 Å². The first-order valence-corrected chi connectivity index (χ1v) is 6.51. The van der Waals surface area contributed by atoms with Crippen LogP contribution in [-0.2, 0) is 11.3 Å². The largest absolute Gasteiger partial charge is 0.405 e. The molecule has 0 aliphatic carbocycles. The van der Waals surface area contributed by atoms with Crippen LogP contribution in [0.15, 0.2) is 12.3 Å². The van der Waals surface area contributed by atoms with Crippen molar-refractivity contribution >= 4 is 5.91 Å². The molecule has 2 N–H and O–H groups in total. The zero-order valence-electron chi connectivity index (χ0n) is 10.9. The van der Waals surface area contributed by atoms with E-state index in [2.05, 4.69) is 10.4 Å². The summed E-state index contributed by atoms with van der Waals surface area (Å²) in [5.41, 5.74) is 0.888. The molecule has 1 unspecified atom stereocenters. The summed E-state index contributed by atoms with van der Waals surface area (Å²) in [7, 11) is 0. The van der Waals surface area contributed by atoms with E-state index >= 15 is 0 Å². The van der Waals surface area contributed by atoms with Gasteiger partial charge in [-0.2, -0.15) is 18.3 Å². The van der Waals surface area contributed by atoms with Gasteiger partial charge in [-0.25, -0.2) is 0 Å². The van der Waals surface area contributed by atoms with Gasteiger partial charge in [-0.15, -0.1) is 0 Å². The molecular formula is C12H17F3N4O. The predicted octanol–water partition coefficient (Wildman–Crippen LogP) is 1.03. The maximum atomic E-state index is 12.0. The minimum absolute atomic E-state index is 0.186. The number of alkyl halides is 3. The van der Waals surface area contributed by atoms with Crippen LogP contribution in [0.4, 0.5) is 13.2 Å². The third kappa shape index (κ3) is 4.22. The fraction of sp³-hybridized carbons (Fsp3) is 0.667. The monoisotopic (exact) mass is 290 g/mol. The molecule has 0 spiro atoms. The number of nitrogens with one attached hydrogen (secondary N) is 2. The van der Waals surface area contributed by atoms with Gasteiger partial charge >= 0.3 is 6.18 Å². The predicted molar refractivity (Wildman–Crippen MR) is 66.1 cm³/mol. The SMILES string of the molecule is O=C(Cn1nccc1C1CCCNC1)NCC(F)(F)F. The highest BCUT2D eigenvalue weighted by Crippen LogP contribution is 2.22. The zero-order chi connectivity index (χ0) is 14.6. The van der Waals surface area contributed by atoms with Gasteiger partial charge in [0.25, 0.3) is 0 Å². The molecule has 1 atom stereocenters. The maximum Gasteiger partial charge on any atom is 0.405 e. The van der Waals surface area contributed by atoms with Crippen molar-refractivity contribution < 1.29 is 18.0 Å². The van der Waals surface area contributed by atoms with Gasteiger partial charge in [0.05, 0.1) is 0 Å². The number of carbonyl (C=O) groups is 1. The molecule has 1 fully saturated rings. The number of aromatic nitrogens is 2. The Kier molecular flexibility index (Phi) is 4.64. The lowest BCUT2D eigenvalue weighted by Gasteiger charge is -2.23. The van der Waals surface area contributed by atoms with Gasteiger partial charge in [0.15, 0.2) is 0 Å². The number of carbonyl (C=O) groups excluding carboxylic acids is 1. The van der Waals surface area contributed by atoms with Crippen molar-refractivity contribution in [3.8, 4) is 0 Å². The molecule has 2 rings (SSSR count). The molecular weight excluding hydrogens is 273 g/mol. The van der Waals surface area contributed by atoms with E-state index in [4.69, 9.17) is 0 Å². The maximum absolute atomic E-state index is 12.0. The molecule has 5 nitrogen and oxygen atoms in total. The van der Waals surface area contributed by atoms with E-state index in [1.54, 1.807) is 6.20 Å². The first-order valence-electron chi connectivity index (χ1n) is 6.51. The molecule has 0 aromatic carbocycles. The fourth-order valence-corrected chi connectivity index (χ4v) is 2.32. The highest BCUT2D eigenvalue weighted by atomic mass is 19.4. The molecule has 8 heteroatoms. The lowest BCUT2D eigenvalue weighted by atomic mass is 9.96. The second kappa shape index (κ2) is 6.25. The Morgan fingerprint density at radius 3 is 3.00 bits per heavy atom. The van der Waals surface area contributed by atoms with Crippen molar-refractivity contribution in [3.63, 3.8) is 0 Å². The Bertz CT molecular complexity index is 452. The number of piperidine rings is 1. The van der Waals surface area contributed by atoms with Crippen LogP contribution in [0.2, 0.25) is 0 Å². The number of hydrogen-bond donors (Lipinski definition) is 2. The molecule has 0 saturated carbocycles. The minimum Gasteiger partial charge on any atom is -0.345 e. The molecule has 0 bridgehead atoms. The highest BCUT2D eigenvalue weighted by molar-refractivity contribution is 5.75. The van der Waals surface area contributed by atoms with Crippen LogP contribution in [0.5, 0.6) is 0 Å². The van der Waals surface area contributed by atoms with Crippen LogP contribution in [0.3, 0.4) is 0 Å². The lowest BCUT2D eigenvalue weighted by molar-refractivity contribution is -0.138. The molecule has 1 aromatic heterocycles. The van der Waals surface area contributed by atoms with Gasteiger partial charge in [0, 0.05) is 24.4 Å². The van der Waals surface area contributed by atoms with Crippen LogP contribution in [0, 0.1) is 0 Å². The summed E-state index contributed by atoms with van der Waals surface area (Å²) < 4.78 is 37.5. The Hall–Kier alpha value is -1.57. The molecule has 112 valence electrons. The summed E-state index contributed by atoms with van der Waals surface area (Å²) in [5.74, 6) is -0.433.